The Kier molecular flexibility index (Phi) is 10.8. The maximum atomic E-state index is 14.4. The molecule has 0 aromatic heterocycles. The number of ether oxygens (including phenoxy) is 1. The molecule has 0 saturated carbocycles. The number of hydrogen-bond donors (Lipinski definition) is 1. The summed E-state index contributed by atoms with van der Waals surface area (Å²) in [5.41, 5.74) is 2.98. The van der Waals surface area contributed by atoms with Crippen LogP contribution in [0.3, 0.4) is 0 Å². The zero-order chi connectivity index (χ0) is 31.7. The van der Waals surface area contributed by atoms with Gasteiger partial charge >= 0.3 is 0 Å². The molecule has 0 spiro atoms. The number of hydrogen-bond acceptors (Lipinski definition) is 5. The van der Waals surface area contributed by atoms with E-state index in [0.29, 0.717) is 11.4 Å². The molecule has 1 N–H and O–H groups in total. The molecule has 0 saturated heterocycles. The molecule has 2 amide bonds. The number of methoxy groups -OCH3 is 1. The van der Waals surface area contributed by atoms with Gasteiger partial charge in [-0.15, -0.1) is 0 Å². The number of carbonyl (C=O) groups is 2. The third-order valence-electron chi connectivity index (χ3n) is 7.15. The monoisotopic (exact) mass is 613 g/mol. The predicted molar refractivity (Wildman–Crippen MR) is 173 cm³/mol. The van der Waals surface area contributed by atoms with Gasteiger partial charge in [-0.2, -0.15) is 0 Å². The third-order valence-corrected chi connectivity index (χ3v) is 8.93. The van der Waals surface area contributed by atoms with Crippen LogP contribution < -0.4 is 14.4 Å². The van der Waals surface area contributed by atoms with Crippen molar-refractivity contribution in [2.24, 2.45) is 0 Å². The zero-order valence-corrected chi connectivity index (χ0v) is 26.3. The van der Waals surface area contributed by atoms with E-state index in [1.807, 2.05) is 81.4 Å². The molecule has 0 fully saturated rings. The number of carbonyl (C=O) groups excluding carboxylic acids is 2. The fourth-order valence-electron chi connectivity index (χ4n) is 4.83. The molecule has 0 radical (unpaired) electrons. The summed E-state index contributed by atoms with van der Waals surface area (Å²) in [6.07, 6.45) is 0.258. The van der Waals surface area contributed by atoms with Crippen molar-refractivity contribution >= 4 is 27.5 Å². The molecule has 44 heavy (non-hydrogen) atoms. The fourth-order valence-corrected chi connectivity index (χ4v) is 6.24. The summed E-state index contributed by atoms with van der Waals surface area (Å²) in [5, 5.41) is 2.97. The van der Waals surface area contributed by atoms with Crippen LogP contribution >= 0.6 is 0 Å². The van der Waals surface area contributed by atoms with Gasteiger partial charge in [0, 0.05) is 19.0 Å². The van der Waals surface area contributed by atoms with Gasteiger partial charge in [-0.25, -0.2) is 8.42 Å². The van der Waals surface area contributed by atoms with Gasteiger partial charge in [0.25, 0.3) is 10.0 Å². The highest BCUT2D eigenvalue weighted by Crippen LogP contribution is 2.26. The van der Waals surface area contributed by atoms with Crippen molar-refractivity contribution in [3.8, 4) is 5.75 Å². The Balaban J connectivity index is 1.78. The topological polar surface area (TPSA) is 96.0 Å². The van der Waals surface area contributed by atoms with Crippen LogP contribution in [0.4, 0.5) is 5.69 Å². The molecule has 1 atom stereocenters. The number of rotatable bonds is 13. The molecule has 0 bridgehead atoms. The normalized spacial score (nSPS) is 11.9. The summed E-state index contributed by atoms with van der Waals surface area (Å²) in [5.74, 6) is -0.310. The quantitative estimate of drug-likeness (QED) is 0.219. The highest BCUT2D eigenvalue weighted by atomic mass is 32.2. The van der Waals surface area contributed by atoms with Gasteiger partial charge in [0.15, 0.2) is 0 Å². The molecular formula is C35H39N3O5S. The number of amides is 2. The highest BCUT2D eigenvalue weighted by Gasteiger charge is 2.34. The van der Waals surface area contributed by atoms with E-state index in [0.717, 1.165) is 21.0 Å². The lowest BCUT2D eigenvalue weighted by Crippen LogP contribution is -2.54. The SMILES string of the molecule is COc1ccc(S(=O)(=O)N(CC(=O)N(Cc2ccccc2)[C@H](Cc2ccccc2)C(=O)NC(C)C)c2ccc(C)cc2)cc1. The minimum absolute atomic E-state index is 0.0136. The van der Waals surface area contributed by atoms with Crippen molar-refractivity contribution in [3.05, 3.63) is 126 Å². The molecule has 0 heterocycles. The maximum Gasteiger partial charge on any atom is 0.264 e. The second-order valence-electron chi connectivity index (χ2n) is 10.9. The Labute approximate surface area is 260 Å². The second-order valence-corrected chi connectivity index (χ2v) is 12.8. The fraction of sp³-hybridized carbons (Fsp3) is 0.257. The lowest BCUT2D eigenvalue weighted by atomic mass is 10.0. The first-order valence-corrected chi connectivity index (χ1v) is 15.9. The van der Waals surface area contributed by atoms with Crippen molar-refractivity contribution in [1.29, 1.82) is 0 Å². The van der Waals surface area contributed by atoms with Crippen LogP contribution in [-0.4, -0.2) is 50.9 Å². The molecule has 4 rings (SSSR count). The van der Waals surface area contributed by atoms with Crippen molar-refractivity contribution in [1.82, 2.24) is 10.2 Å². The van der Waals surface area contributed by atoms with Gasteiger partial charge in [0.1, 0.15) is 18.3 Å². The third kappa shape index (κ3) is 8.26. The van der Waals surface area contributed by atoms with Crippen LogP contribution in [0.2, 0.25) is 0 Å². The van der Waals surface area contributed by atoms with E-state index in [4.69, 9.17) is 4.74 Å². The first-order chi connectivity index (χ1) is 21.1. The molecule has 8 nitrogen and oxygen atoms in total. The lowest BCUT2D eigenvalue weighted by Gasteiger charge is -2.34. The number of nitrogens with zero attached hydrogens (tertiary/aromatic N) is 2. The molecule has 0 aliphatic heterocycles. The standard InChI is InChI=1S/C35H39N3O5S/c1-26(2)36-35(40)33(23-28-11-7-5-8-12-28)37(24-29-13-9-6-10-14-29)34(39)25-38(30-17-15-27(3)16-18-30)44(41,42)32-21-19-31(43-4)20-22-32/h5-22,26,33H,23-25H2,1-4H3,(H,36,40)/t33-/m1/s1. The Hall–Kier alpha value is -4.63. The largest absolute Gasteiger partial charge is 0.497 e. The maximum absolute atomic E-state index is 14.4. The van der Waals surface area contributed by atoms with Gasteiger partial charge in [-0.3, -0.25) is 13.9 Å². The van der Waals surface area contributed by atoms with Crippen LogP contribution in [-0.2, 0) is 32.6 Å². The minimum atomic E-state index is -4.19. The van der Waals surface area contributed by atoms with Crippen LogP contribution in [0.15, 0.2) is 114 Å². The Morgan fingerprint density at radius 2 is 1.36 bits per heavy atom. The molecule has 9 heteroatoms. The molecule has 0 aliphatic carbocycles. The smallest absolute Gasteiger partial charge is 0.264 e. The Bertz CT molecular complexity index is 1630. The van der Waals surface area contributed by atoms with E-state index in [2.05, 4.69) is 5.32 Å². The minimum Gasteiger partial charge on any atom is -0.497 e. The van der Waals surface area contributed by atoms with Crippen LogP contribution in [0, 0.1) is 6.92 Å². The van der Waals surface area contributed by atoms with Gasteiger partial charge in [0.2, 0.25) is 11.8 Å². The van der Waals surface area contributed by atoms with E-state index in [-0.39, 0.29) is 29.8 Å². The van der Waals surface area contributed by atoms with Crippen molar-refractivity contribution < 1.29 is 22.7 Å². The van der Waals surface area contributed by atoms with Gasteiger partial charge < -0.3 is 15.0 Å². The predicted octanol–water partition coefficient (Wildman–Crippen LogP) is 5.36. The van der Waals surface area contributed by atoms with Crippen molar-refractivity contribution in [3.63, 3.8) is 0 Å². The molecule has 230 valence electrons. The average molecular weight is 614 g/mol. The molecule has 0 aliphatic rings. The van der Waals surface area contributed by atoms with E-state index in [9.17, 15) is 18.0 Å². The van der Waals surface area contributed by atoms with Gasteiger partial charge in [-0.05, 0) is 68.3 Å². The molecule has 4 aromatic carbocycles. The van der Waals surface area contributed by atoms with Gasteiger partial charge in [-0.1, -0.05) is 78.4 Å². The summed E-state index contributed by atoms with van der Waals surface area (Å²) in [7, 11) is -2.68. The van der Waals surface area contributed by atoms with E-state index in [1.165, 1.54) is 24.1 Å². The Morgan fingerprint density at radius 3 is 1.91 bits per heavy atom. The Morgan fingerprint density at radius 1 is 0.795 bits per heavy atom. The van der Waals surface area contributed by atoms with Gasteiger partial charge in [0.05, 0.1) is 17.7 Å². The van der Waals surface area contributed by atoms with Crippen LogP contribution in [0.25, 0.3) is 0 Å². The average Bonchev–Trinajstić information content (AvgIpc) is 3.02. The molecule has 0 unspecified atom stereocenters. The number of nitrogens with one attached hydrogen (secondary N) is 1. The number of benzene rings is 4. The summed E-state index contributed by atoms with van der Waals surface area (Å²) >= 11 is 0. The first kappa shape index (κ1) is 32.3. The highest BCUT2D eigenvalue weighted by molar-refractivity contribution is 7.92. The molecular weight excluding hydrogens is 574 g/mol. The molecule has 4 aromatic rings. The number of aryl methyl sites for hydroxylation is 1. The summed E-state index contributed by atoms with van der Waals surface area (Å²) in [4.78, 5) is 29.6. The summed E-state index contributed by atoms with van der Waals surface area (Å²) < 4.78 is 34.5. The van der Waals surface area contributed by atoms with E-state index in [1.54, 1.807) is 36.4 Å². The summed E-state index contributed by atoms with van der Waals surface area (Å²) in [6.45, 7) is 5.24. The summed E-state index contributed by atoms with van der Waals surface area (Å²) in [6, 6.07) is 30.8. The van der Waals surface area contributed by atoms with E-state index < -0.39 is 28.5 Å². The van der Waals surface area contributed by atoms with Crippen molar-refractivity contribution in [2.45, 2.75) is 50.7 Å². The second kappa shape index (κ2) is 14.7. The van der Waals surface area contributed by atoms with Crippen molar-refractivity contribution in [2.75, 3.05) is 18.0 Å². The lowest BCUT2D eigenvalue weighted by molar-refractivity contribution is -0.140. The zero-order valence-electron chi connectivity index (χ0n) is 25.5. The first-order valence-electron chi connectivity index (χ1n) is 14.5. The van der Waals surface area contributed by atoms with Crippen LogP contribution in [0.1, 0.15) is 30.5 Å². The van der Waals surface area contributed by atoms with Crippen LogP contribution in [0.5, 0.6) is 5.75 Å². The number of anilines is 1. The van der Waals surface area contributed by atoms with E-state index >= 15 is 0 Å². The number of sulfonamides is 1.